The Kier molecular flexibility index (Phi) is 5.55. The molecule has 2 fully saturated rings. The zero-order chi connectivity index (χ0) is 22.2. The first-order chi connectivity index (χ1) is 15.5. The van der Waals surface area contributed by atoms with Gasteiger partial charge in [-0.25, -0.2) is 14.8 Å². The van der Waals surface area contributed by atoms with E-state index in [4.69, 9.17) is 4.98 Å². The first-order valence-corrected chi connectivity index (χ1v) is 12.0. The fraction of sp³-hybridized carbons (Fsp3) is 0.417. The second-order valence-corrected chi connectivity index (χ2v) is 9.68. The Morgan fingerprint density at radius 3 is 2.69 bits per heavy atom. The summed E-state index contributed by atoms with van der Waals surface area (Å²) in [7, 11) is 0. The molecule has 0 unspecified atom stereocenters. The maximum absolute atomic E-state index is 13.0. The lowest BCUT2D eigenvalue weighted by atomic mass is 10.1. The van der Waals surface area contributed by atoms with Crippen LogP contribution in [0.3, 0.4) is 0 Å². The molecule has 1 aliphatic heterocycles. The predicted molar refractivity (Wildman–Crippen MR) is 126 cm³/mol. The number of anilines is 1. The zero-order valence-corrected chi connectivity index (χ0v) is 19.2. The van der Waals surface area contributed by atoms with E-state index in [-0.39, 0.29) is 11.9 Å². The second-order valence-electron chi connectivity index (χ2n) is 8.69. The van der Waals surface area contributed by atoms with Gasteiger partial charge in [0.2, 0.25) is 0 Å². The lowest BCUT2D eigenvalue weighted by Gasteiger charge is -2.16. The van der Waals surface area contributed by atoms with Crippen molar-refractivity contribution in [1.29, 1.82) is 0 Å². The highest BCUT2D eigenvalue weighted by atomic mass is 32.1. The highest BCUT2D eigenvalue weighted by Crippen LogP contribution is 2.40. The molecule has 2 N–H and O–H groups in total. The normalized spacial score (nSPS) is 15.9. The molecule has 32 heavy (non-hydrogen) atoms. The molecular formula is C24H27N5O2S. The van der Waals surface area contributed by atoms with Crippen LogP contribution >= 0.6 is 11.3 Å². The molecule has 5 rings (SSSR count). The minimum atomic E-state index is -0.107. The third kappa shape index (κ3) is 4.19. The molecule has 0 spiro atoms. The van der Waals surface area contributed by atoms with Gasteiger partial charge < -0.3 is 15.5 Å². The minimum absolute atomic E-state index is 0.0633. The smallest absolute Gasteiger partial charge is 0.321 e. The van der Waals surface area contributed by atoms with Crippen LogP contribution in [0.1, 0.15) is 63.9 Å². The van der Waals surface area contributed by atoms with E-state index in [9.17, 15) is 9.59 Å². The number of nitrogens with zero attached hydrogens (tertiary/aromatic N) is 3. The predicted octanol–water partition coefficient (Wildman–Crippen LogP) is 4.74. The third-order valence-corrected chi connectivity index (χ3v) is 7.35. The molecule has 2 aliphatic rings. The fourth-order valence-electron chi connectivity index (χ4n) is 4.24. The van der Waals surface area contributed by atoms with Gasteiger partial charge >= 0.3 is 6.03 Å². The van der Waals surface area contributed by atoms with E-state index in [0.717, 1.165) is 77.3 Å². The molecule has 166 valence electrons. The monoisotopic (exact) mass is 449 g/mol. The SMILES string of the molecule is Cc1nc(C2CC2)nc2sc(C(=O)NCc3cccc(NC(=O)N4CCCC4)c3)c(C)c12. The van der Waals surface area contributed by atoms with Crippen LogP contribution in [-0.4, -0.2) is 39.9 Å². The van der Waals surface area contributed by atoms with Gasteiger partial charge in [0.15, 0.2) is 0 Å². The zero-order valence-electron chi connectivity index (χ0n) is 18.4. The van der Waals surface area contributed by atoms with Crippen LogP contribution in [0.15, 0.2) is 24.3 Å². The van der Waals surface area contributed by atoms with Gasteiger partial charge in [-0.15, -0.1) is 11.3 Å². The Morgan fingerprint density at radius 2 is 1.94 bits per heavy atom. The van der Waals surface area contributed by atoms with E-state index >= 15 is 0 Å². The van der Waals surface area contributed by atoms with Crippen LogP contribution in [0.2, 0.25) is 0 Å². The number of aromatic nitrogens is 2. The minimum Gasteiger partial charge on any atom is -0.347 e. The van der Waals surface area contributed by atoms with Crippen LogP contribution in [0.25, 0.3) is 10.2 Å². The summed E-state index contributed by atoms with van der Waals surface area (Å²) in [6.45, 7) is 5.97. The topological polar surface area (TPSA) is 87.2 Å². The molecule has 3 heterocycles. The molecule has 8 heteroatoms. The van der Waals surface area contributed by atoms with Crippen LogP contribution < -0.4 is 10.6 Å². The van der Waals surface area contributed by atoms with Crippen LogP contribution in [-0.2, 0) is 6.54 Å². The summed E-state index contributed by atoms with van der Waals surface area (Å²) >= 11 is 1.44. The highest BCUT2D eigenvalue weighted by Gasteiger charge is 2.28. The van der Waals surface area contributed by atoms with E-state index in [2.05, 4.69) is 15.6 Å². The van der Waals surface area contributed by atoms with Crippen LogP contribution in [0.4, 0.5) is 10.5 Å². The van der Waals surface area contributed by atoms with Crippen molar-refractivity contribution < 1.29 is 9.59 Å². The van der Waals surface area contributed by atoms with Gasteiger partial charge in [-0.1, -0.05) is 12.1 Å². The average molecular weight is 450 g/mol. The van der Waals surface area contributed by atoms with Gasteiger partial charge in [-0.05, 0) is 62.8 Å². The number of carbonyl (C=O) groups excluding carboxylic acids is 2. The van der Waals surface area contributed by atoms with Crippen molar-refractivity contribution in [2.45, 2.75) is 52.0 Å². The molecule has 7 nitrogen and oxygen atoms in total. The van der Waals surface area contributed by atoms with Gasteiger partial charge in [0, 0.05) is 36.6 Å². The largest absolute Gasteiger partial charge is 0.347 e. The Bertz CT molecular complexity index is 1190. The maximum atomic E-state index is 13.0. The Balaban J connectivity index is 1.27. The molecule has 2 aromatic heterocycles. The van der Waals surface area contributed by atoms with Crippen molar-refractivity contribution in [2.75, 3.05) is 18.4 Å². The molecule has 1 aromatic carbocycles. The van der Waals surface area contributed by atoms with E-state index in [1.807, 2.05) is 43.0 Å². The van der Waals surface area contributed by atoms with Gasteiger partial charge in [0.05, 0.1) is 10.6 Å². The molecule has 1 aliphatic carbocycles. The number of fused-ring (bicyclic) bond motifs is 1. The molecule has 0 atom stereocenters. The van der Waals surface area contributed by atoms with E-state index in [1.54, 1.807) is 0 Å². The number of amides is 3. The van der Waals surface area contributed by atoms with Crippen molar-refractivity contribution in [3.63, 3.8) is 0 Å². The van der Waals surface area contributed by atoms with Crippen LogP contribution in [0, 0.1) is 13.8 Å². The summed E-state index contributed by atoms with van der Waals surface area (Å²) < 4.78 is 0. The van der Waals surface area contributed by atoms with Gasteiger partial charge in [0.1, 0.15) is 10.7 Å². The number of aryl methyl sites for hydroxylation is 2. The Morgan fingerprint density at radius 1 is 1.16 bits per heavy atom. The summed E-state index contributed by atoms with van der Waals surface area (Å²) in [5.74, 6) is 1.29. The van der Waals surface area contributed by atoms with Gasteiger partial charge in [-0.2, -0.15) is 0 Å². The molecule has 0 bridgehead atoms. The molecule has 1 saturated carbocycles. The Hall–Kier alpha value is -3.00. The first kappa shape index (κ1) is 20.9. The van der Waals surface area contributed by atoms with E-state index < -0.39 is 0 Å². The van der Waals surface area contributed by atoms with Crippen LogP contribution in [0.5, 0.6) is 0 Å². The van der Waals surface area contributed by atoms with Gasteiger partial charge in [-0.3, -0.25) is 4.79 Å². The molecular weight excluding hydrogens is 422 g/mol. The third-order valence-electron chi connectivity index (χ3n) is 6.16. The average Bonchev–Trinajstić information content (AvgIpc) is 3.37. The van der Waals surface area contributed by atoms with Crippen molar-refractivity contribution >= 4 is 39.2 Å². The maximum Gasteiger partial charge on any atom is 0.321 e. The molecule has 0 radical (unpaired) electrons. The summed E-state index contributed by atoms with van der Waals surface area (Å²) in [6.07, 6.45) is 4.42. The highest BCUT2D eigenvalue weighted by molar-refractivity contribution is 7.20. The number of urea groups is 1. The van der Waals surface area contributed by atoms with Crippen molar-refractivity contribution in [3.8, 4) is 0 Å². The lowest BCUT2D eigenvalue weighted by Crippen LogP contribution is -2.32. The summed E-state index contributed by atoms with van der Waals surface area (Å²) in [4.78, 5) is 38.1. The standard InChI is InChI=1S/C24H27N5O2S/c1-14-19-15(2)26-21(17-8-9-17)28-23(19)32-20(14)22(30)25-13-16-6-5-7-18(12-16)27-24(31)29-10-3-4-11-29/h5-7,12,17H,3-4,8-11,13H2,1-2H3,(H,25,30)(H,27,31). The number of likely N-dealkylation sites (tertiary alicyclic amines) is 1. The quantitative estimate of drug-likeness (QED) is 0.589. The van der Waals surface area contributed by atoms with Crippen molar-refractivity contribution in [1.82, 2.24) is 20.2 Å². The first-order valence-electron chi connectivity index (χ1n) is 11.2. The summed E-state index contributed by atoms with van der Waals surface area (Å²) in [6, 6.07) is 7.55. The van der Waals surface area contributed by atoms with Crippen molar-refractivity contribution in [3.05, 3.63) is 51.8 Å². The molecule has 3 aromatic rings. The van der Waals surface area contributed by atoms with Gasteiger partial charge in [0.25, 0.3) is 5.91 Å². The van der Waals surface area contributed by atoms with E-state index in [0.29, 0.717) is 17.3 Å². The number of hydrogen-bond acceptors (Lipinski definition) is 5. The number of hydrogen-bond donors (Lipinski definition) is 2. The number of benzene rings is 1. The number of carbonyl (C=O) groups is 2. The number of thiophene rings is 1. The lowest BCUT2D eigenvalue weighted by molar-refractivity contribution is 0.0954. The molecule has 3 amide bonds. The number of rotatable bonds is 5. The van der Waals surface area contributed by atoms with E-state index in [1.165, 1.54) is 11.3 Å². The fourth-order valence-corrected chi connectivity index (χ4v) is 5.40. The summed E-state index contributed by atoms with van der Waals surface area (Å²) in [5.41, 5.74) is 3.56. The Labute approximate surface area is 191 Å². The molecule has 1 saturated heterocycles. The summed E-state index contributed by atoms with van der Waals surface area (Å²) in [5, 5.41) is 6.98. The number of nitrogens with one attached hydrogen (secondary N) is 2. The van der Waals surface area contributed by atoms with Crippen molar-refractivity contribution in [2.24, 2.45) is 0 Å². The second kappa shape index (κ2) is 8.50.